The van der Waals surface area contributed by atoms with Crippen LogP contribution >= 0.6 is 0 Å². The number of rotatable bonds is 6. The number of carbonyl (C=O) groups excluding carboxylic acids is 1. The summed E-state index contributed by atoms with van der Waals surface area (Å²) in [6.45, 7) is 1.88. The Kier molecular flexibility index (Phi) is 4.92. The molecule has 0 amide bonds. The molecule has 0 saturated heterocycles. The van der Waals surface area contributed by atoms with E-state index in [2.05, 4.69) is 34.3 Å². The molecule has 0 aliphatic carbocycles. The molecule has 0 bridgehead atoms. The van der Waals surface area contributed by atoms with Crippen LogP contribution in [0.1, 0.15) is 17.0 Å². The van der Waals surface area contributed by atoms with E-state index < -0.39 is 0 Å². The summed E-state index contributed by atoms with van der Waals surface area (Å²) in [6.07, 6.45) is 2.48. The van der Waals surface area contributed by atoms with Crippen LogP contribution in [0.2, 0.25) is 0 Å². The van der Waals surface area contributed by atoms with Gasteiger partial charge in [0.15, 0.2) is 0 Å². The lowest BCUT2D eigenvalue weighted by Gasteiger charge is -2.05. The minimum Gasteiger partial charge on any atom is -0.417 e. The molecule has 0 aliphatic rings. The van der Waals surface area contributed by atoms with Crippen molar-refractivity contribution in [3.8, 4) is 22.6 Å². The standard InChI is InChI=1S/C26H21N3O2/c1-18-27-17-25-29(18)28-26(31-25)23-13-9-20(10-14-23)16-24(30)15-19-7-11-22(12-8-19)21-5-3-2-4-6-21/h2-14,17H,15-16H2,1H3. The normalized spacial score (nSPS) is 11.1. The Hall–Kier alpha value is -3.99. The summed E-state index contributed by atoms with van der Waals surface area (Å²) in [6, 6.07) is 26.2. The number of imidazole rings is 1. The number of Topliss-reactive ketones (excluding diaryl/α,β-unsaturated/α-hetero) is 1. The van der Waals surface area contributed by atoms with E-state index in [1.165, 1.54) is 5.56 Å². The summed E-state index contributed by atoms with van der Waals surface area (Å²) >= 11 is 0. The lowest BCUT2D eigenvalue weighted by Crippen LogP contribution is -2.06. The second-order valence-electron chi connectivity index (χ2n) is 7.61. The van der Waals surface area contributed by atoms with Crippen LogP contribution in [0, 0.1) is 6.92 Å². The van der Waals surface area contributed by atoms with Crippen LogP contribution in [0.3, 0.4) is 0 Å². The SMILES string of the molecule is Cc1ncc2oc(-c3ccc(CC(=O)Cc4ccc(-c5ccccc5)cc4)cc3)nn12. The predicted molar refractivity (Wildman–Crippen MR) is 120 cm³/mol. The number of hydrogen-bond acceptors (Lipinski definition) is 4. The van der Waals surface area contributed by atoms with Gasteiger partial charge in [0.05, 0.1) is 6.20 Å². The smallest absolute Gasteiger partial charge is 0.246 e. The highest BCUT2D eigenvalue weighted by Gasteiger charge is 2.11. The van der Waals surface area contributed by atoms with E-state index in [9.17, 15) is 4.79 Å². The third kappa shape index (κ3) is 4.03. The quantitative estimate of drug-likeness (QED) is 0.382. The first-order valence-corrected chi connectivity index (χ1v) is 10.2. The van der Waals surface area contributed by atoms with Crippen LogP contribution < -0.4 is 0 Å². The lowest BCUT2D eigenvalue weighted by atomic mass is 9.99. The Morgan fingerprint density at radius 1 is 0.806 bits per heavy atom. The molecule has 2 aromatic heterocycles. The molecule has 2 heterocycles. The molecule has 5 aromatic rings. The van der Waals surface area contributed by atoms with E-state index in [-0.39, 0.29) is 5.78 Å². The second-order valence-corrected chi connectivity index (χ2v) is 7.61. The van der Waals surface area contributed by atoms with Crippen LogP contribution in [0.5, 0.6) is 0 Å². The Morgan fingerprint density at radius 2 is 1.39 bits per heavy atom. The third-order valence-corrected chi connectivity index (χ3v) is 5.33. The average molecular weight is 407 g/mol. The fourth-order valence-electron chi connectivity index (χ4n) is 3.66. The maximum Gasteiger partial charge on any atom is 0.246 e. The zero-order valence-corrected chi connectivity index (χ0v) is 17.2. The number of aromatic nitrogens is 3. The highest BCUT2D eigenvalue weighted by atomic mass is 16.4. The van der Waals surface area contributed by atoms with E-state index in [1.54, 1.807) is 10.7 Å². The van der Waals surface area contributed by atoms with Gasteiger partial charge >= 0.3 is 0 Å². The molecule has 0 N–H and O–H groups in total. The van der Waals surface area contributed by atoms with E-state index in [1.807, 2.05) is 61.5 Å². The van der Waals surface area contributed by atoms with Gasteiger partial charge < -0.3 is 4.42 Å². The first kappa shape index (κ1) is 19.0. The van der Waals surface area contributed by atoms with Crippen molar-refractivity contribution in [2.45, 2.75) is 19.8 Å². The molecule has 0 fully saturated rings. The van der Waals surface area contributed by atoms with Gasteiger partial charge in [-0.05, 0) is 41.3 Å². The number of hydrogen-bond donors (Lipinski definition) is 0. The van der Waals surface area contributed by atoms with Gasteiger partial charge in [-0.3, -0.25) is 4.79 Å². The summed E-state index contributed by atoms with van der Waals surface area (Å²) in [7, 11) is 0. The Morgan fingerprint density at radius 3 is 2.00 bits per heavy atom. The van der Waals surface area contributed by atoms with Crippen LogP contribution in [0.25, 0.3) is 28.3 Å². The van der Waals surface area contributed by atoms with Crippen LogP contribution in [0.4, 0.5) is 0 Å². The lowest BCUT2D eigenvalue weighted by molar-refractivity contribution is -0.117. The van der Waals surface area contributed by atoms with Gasteiger partial charge in [-0.25, -0.2) is 4.98 Å². The molecule has 0 saturated carbocycles. The van der Waals surface area contributed by atoms with Crippen LogP contribution in [0.15, 0.2) is 89.5 Å². The summed E-state index contributed by atoms with van der Waals surface area (Å²) in [4.78, 5) is 16.7. The molecule has 0 aliphatic heterocycles. The van der Waals surface area contributed by atoms with Crippen molar-refractivity contribution in [2.75, 3.05) is 0 Å². The number of ketones is 1. The minimum atomic E-state index is 0.187. The van der Waals surface area contributed by atoms with Gasteiger partial charge in [0.1, 0.15) is 11.6 Å². The molecule has 0 unspecified atom stereocenters. The second kappa shape index (κ2) is 8.03. The molecule has 5 rings (SSSR count). The maximum absolute atomic E-state index is 12.6. The van der Waals surface area contributed by atoms with Crippen molar-refractivity contribution in [1.82, 2.24) is 14.6 Å². The summed E-state index contributed by atoms with van der Waals surface area (Å²) < 4.78 is 7.42. The monoisotopic (exact) mass is 407 g/mol. The first-order chi connectivity index (χ1) is 15.2. The average Bonchev–Trinajstić information content (AvgIpc) is 3.37. The van der Waals surface area contributed by atoms with Crippen molar-refractivity contribution in [3.63, 3.8) is 0 Å². The molecule has 0 radical (unpaired) electrons. The van der Waals surface area contributed by atoms with Crippen LogP contribution in [-0.2, 0) is 17.6 Å². The van der Waals surface area contributed by atoms with E-state index >= 15 is 0 Å². The molecular formula is C26H21N3O2. The Labute approximate surface area is 180 Å². The zero-order valence-electron chi connectivity index (χ0n) is 17.2. The largest absolute Gasteiger partial charge is 0.417 e. The number of fused-ring (bicyclic) bond motifs is 1. The number of aryl methyl sites for hydroxylation is 1. The Balaban J connectivity index is 1.23. The molecule has 152 valence electrons. The minimum absolute atomic E-state index is 0.187. The molecule has 5 nitrogen and oxygen atoms in total. The summed E-state index contributed by atoms with van der Waals surface area (Å²) in [5.74, 6) is 1.51. The Bertz CT molecular complexity index is 1330. The van der Waals surface area contributed by atoms with Gasteiger partial charge in [-0.15, -0.1) is 5.10 Å². The number of benzene rings is 3. The predicted octanol–water partition coefficient (Wildman–Crippen LogP) is 5.32. The molecule has 31 heavy (non-hydrogen) atoms. The van der Waals surface area contributed by atoms with Crippen molar-refractivity contribution < 1.29 is 9.21 Å². The van der Waals surface area contributed by atoms with Crippen LogP contribution in [-0.4, -0.2) is 20.4 Å². The maximum atomic E-state index is 12.6. The fraction of sp³-hybridized carbons (Fsp3) is 0.115. The highest BCUT2D eigenvalue weighted by Crippen LogP contribution is 2.22. The molecule has 0 spiro atoms. The third-order valence-electron chi connectivity index (χ3n) is 5.33. The summed E-state index contributed by atoms with van der Waals surface area (Å²) in [5, 5.41) is 4.44. The molecule has 0 atom stereocenters. The fourth-order valence-corrected chi connectivity index (χ4v) is 3.66. The van der Waals surface area contributed by atoms with Gasteiger partial charge in [0.2, 0.25) is 11.6 Å². The van der Waals surface area contributed by atoms with Crippen molar-refractivity contribution >= 4 is 11.5 Å². The summed E-state index contributed by atoms with van der Waals surface area (Å²) in [5.41, 5.74) is 5.82. The van der Waals surface area contributed by atoms with Gasteiger partial charge in [-0.2, -0.15) is 4.52 Å². The molecule has 3 aromatic carbocycles. The topological polar surface area (TPSA) is 60.4 Å². The van der Waals surface area contributed by atoms with E-state index in [4.69, 9.17) is 4.42 Å². The van der Waals surface area contributed by atoms with E-state index in [0.29, 0.717) is 24.4 Å². The van der Waals surface area contributed by atoms with Crippen molar-refractivity contribution in [3.05, 3.63) is 102 Å². The van der Waals surface area contributed by atoms with Crippen molar-refractivity contribution in [1.29, 1.82) is 0 Å². The van der Waals surface area contributed by atoms with Gasteiger partial charge in [-0.1, -0.05) is 66.7 Å². The zero-order chi connectivity index (χ0) is 21.2. The van der Waals surface area contributed by atoms with Gasteiger partial charge in [0, 0.05) is 18.4 Å². The van der Waals surface area contributed by atoms with Crippen molar-refractivity contribution in [2.24, 2.45) is 0 Å². The first-order valence-electron chi connectivity index (χ1n) is 10.2. The molecular weight excluding hydrogens is 386 g/mol. The van der Waals surface area contributed by atoms with E-state index in [0.717, 1.165) is 28.1 Å². The number of nitrogens with zero attached hydrogens (tertiary/aromatic N) is 3. The molecule has 5 heteroatoms. The highest BCUT2D eigenvalue weighted by molar-refractivity contribution is 5.83. The van der Waals surface area contributed by atoms with Gasteiger partial charge in [0.25, 0.3) is 0 Å². The number of carbonyl (C=O) groups is 1.